The molecule has 134 valence electrons. The van der Waals surface area contributed by atoms with Crippen LogP contribution in [0.3, 0.4) is 0 Å². The number of hydrogen-bond acceptors (Lipinski definition) is 4. The molecular formula is C18H14ClFN2O3S. The first kappa shape index (κ1) is 18.3. The van der Waals surface area contributed by atoms with Crippen LogP contribution in [0.1, 0.15) is 22.7 Å². The fraction of sp³-hybridized carbons (Fsp3) is 0.111. The lowest BCUT2D eigenvalue weighted by Gasteiger charge is -2.32. The molecule has 0 amide bonds. The van der Waals surface area contributed by atoms with Crippen LogP contribution < -0.4 is 11.2 Å². The highest BCUT2D eigenvalue weighted by Gasteiger charge is 2.33. The predicted octanol–water partition coefficient (Wildman–Crippen LogP) is 4.13. The first-order valence-corrected chi connectivity index (χ1v) is 8.44. The zero-order valence-corrected chi connectivity index (χ0v) is 15.2. The molecule has 0 saturated heterocycles. The molecule has 2 aromatic carbocycles. The van der Waals surface area contributed by atoms with E-state index in [1.165, 1.54) is 11.8 Å². The minimum Gasteiger partial charge on any atom is -0.477 e. The number of nitrogens with zero attached hydrogens (tertiary/aromatic N) is 1. The molecule has 2 heterocycles. The molecule has 0 aliphatic carbocycles. The van der Waals surface area contributed by atoms with Crippen LogP contribution >= 0.6 is 24.2 Å². The molecule has 1 aliphatic rings. The van der Waals surface area contributed by atoms with Crippen LogP contribution in [0.5, 0.6) is 0 Å². The van der Waals surface area contributed by atoms with E-state index in [1.807, 2.05) is 6.92 Å². The van der Waals surface area contributed by atoms with Gasteiger partial charge in [-0.05, 0) is 36.8 Å². The van der Waals surface area contributed by atoms with E-state index in [4.69, 9.17) is 5.73 Å². The molecule has 1 atom stereocenters. The van der Waals surface area contributed by atoms with Gasteiger partial charge in [0, 0.05) is 16.6 Å². The molecule has 0 spiro atoms. The topological polar surface area (TPSA) is 85.3 Å². The van der Waals surface area contributed by atoms with Crippen molar-refractivity contribution >= 4 is 46.7 Å². The number of rotatable bonds is 2. The number of carboxylic acids is 1. The second-order valence-corrected chi connectivity index (χ2v) is 7.18. The van der Waals surface area contributed by atoms with Gasteiger partial charge in [0.05, 0.1) is 15.9 Å². The van der Waals surface area contributed by atoms with Crippen molar-refractivity contribution in [1.29, 1.82) is 0 Å². The van der Waals surface area contributed by atoms with Crippen molar-refractivity contribution in [3.8, 4) is 11.1 Å². The van der Waals surface area contributed by atoms with Crippen molar-refractivity contribution < 1.29 is 14.3 Å². The van der Waals surface area contributed by atoms with Crippen molar-refractivity contribution in [2.75, 3.05) is 5.73 Å². The molecular weight excluding hydrogens is 379 g/mol. The van der Waals surface area contributed by atoms with E-state index in [2.05, 4.69) is 0 Å². The molecule has 1 aliphatic heterocycles. The Bertz CT molecular complexity index is 1110. The Labute approximate surface area is 158 Å². The third-order valence-electron chi connectivity index (χ3n) is 4.33. The normalized spacial score (nSPS) is 15.1. The highest BCUT2D eigenvalue weighted by molar-refractivity contribution is 8.00. The van der Waals surface area contributed by atoms with Crippen molar-refractivity contribution in [3.05, 3.63) is 58.0 Å². The van der Waals surface area contributed by atoms with Crippen LogP contribution in [0.4, 0.5) is 10.1 Å². The van der Waals surface area contributed by atoms with Crippen molar-refractivity contribution in [3.63, 3.8) is 0 Å². The molecule has 3 N–H and O–H groups in total. The number of hydrogen-bond donors (Lipinski definition) is 2. The van der Waals surface area contributed by atoms with Gasteiger partial charge in [-0.25, -0.2) is 9.18 Å². The second-order valence-electron chi connectivity index (χ2n) is 5.87. The average Bonchev–Trinajstić information content (AvgIpc) is 2.55. The molecule has 4 rings (SSSR count). The summed E-state index contributed by atoms with van der Waals surface area (Å²) in [4.78, 5) is 24.0. The Morgan fingerprint density at radius 2 is 1.92 bits per heavy atom. The Morgan fingerprint density at radius 1 is 1.27 bits per heavy atom. The quantitative estimate of drug-likeness (QED) is 0.640. The number of carboxylic acid groups (broad SMARTS) is 1. The summed E-state index contributed by atoms with van der Waals surface area (Å²) in [5.74, 6) is -1.87. The Balaban J connectivity index is 0.00000196. The van der Waals surface area contributed by atoms with E-state index in [-0.39, 0.29) is 28.7 Å². The number of carbonyl (C=O) groups is 1. The fourth-order valence-electron chi connectivity index (χ4n) is 3.12. The monoisotopic (exact) mass is 392 g/mol. The van der Waals surface area contributed by atoms with E-state index in [1.54, 1.807) is 34.9 Å². The number of halogens is 2. The minimum absolute atomic E-state index is 0. The van der Waals surface area contributed by atoms with Gasteiger partial charge in [0.25, 0.3) is 0 Å². The third kappa shape index (κ3) is 2.55. The smallest absolute Gasteiger partial charge is 0.342 e. The van der Waals surface area contributed by atoms with Crippen LogP contribution in [0.15, 0.2) is 46.2 Å². The zero-order valence-electron chi connectivity index (χ0n) is 13.5. The molecule has 5 nitrogen and oxygen atoms in total. The molecule has 0 fully saturated rings. The molecule has 1 aromatic heterocycles. The number of aromatic carboxylic acids is 1. The Morgan fingerprint density at radius 3 is 2.50 bits per heavy atom. The van der Waals surface area contributed by atoms with Gasteiger partial charge in [-0.1, -0.05) is 23.9 Å². The first-order valence-electron chi connectivity index (χ1n) is 7.56. The van der Waals surface area contributed by atoms with Crippen molar-refractivity contribution in [2.45, 2.75) is 17.3 Å². The van der Waals surface area contributed by atoms with Crippen molar-refractivity contribution in [2.24, 2.45) is 0 Å². The van der Waals surface area contributed by atoms with Gasteiger partial charge in [-0.2, -0.15) is 0 Å². The van der Waals surface area contributed by atoms with Crippen LogP contribution in [0.2, 0.25) is 0 Å². The van der Waals surface area contributed by atoms with Gasteiger partial charge in [-0.15, -0.1) is 12.4 Å². The summed E-state index contributed by atoms with van der Waals surface area (Å²) in [6, 6.07) is 9.49. The lowest BCUT2D eigenvalue weighted by molar-refractivity contribution is 0.0689. The number of aromatic nitrogens is 1. The summed E-state index contributed by atoms with van der Waals surface area (Å²) in [5, 5.41) is 9.80. The molecule has 1 unspecified atom stereocenters. The van der Waals surface area contributed by atoms with Gasteiger partial charge in [0.15, 0.2) is 0 Å². The Kier molecular flexibility index (Phi) is 4.46. The Hall–Kier alpha value is -2.51. The van der Waals surface area contributed by atoms with Gasteiger partial charge in [0.1, 0.15) is 11.4 Å². The maximum absolute atomic E-state index is 14.6. The number of nitrogens with two attached hydrogens (primary N) is 1. The number of pyridine rings is 1. The number of fused-ring (bicyclic) bond motifs is 3. The summed E-state index contributed by atoms with van der Waals surface area (Å²) in [6.07, 6.45) is 0. The summed E-state index contributed by atoms with van der Waals surface area (Å²) in [7, 11) is 0. The maximum atomic E-state index is 14.6. The SMILES string of the molecule is CC1Sc2c(C(=O)O)c(=O)c3cc(F)c(-c4ccc(N)cc4)cc3n21.Cl. The van der Waals surface area contributed by atoms with Crippen LogP contribution in [0, 0.1) is 5.82 Å². The van der Waals surface area contributed by atoms with E-state index >= 15 is 0 Å². The molecule has 8 heteroatoms. The number of thioether (sulfide) groups is 1. The number of benzene rings is 2. The molecule has 0 saturated carbocycles. The van der Waals surface area contributed by atoms with E-state index < -0.39 is 17.2 Å². The third-order valence-corrected chi connectivity index (χ3v) is 5.51. The zero-order chi connectivity index (χ0) is 17.9. The van der Waals surface area contributed by atoms with Gasteiger partial charge < -0.3 is 15.4 Å². The second kappa shape index (κ2) is 6.34. The standard InChI is InChI=1S/C18H13FN2O3S.ClH/c1-8-21-14-7-11(9-2-4-10(20)5-3-9)13(19)6-12(14)16(22)15(18(23)24)17(21)25-8;/h2-8H,20H2,1H3,(H,23,24);1H. The number of nitrogen functional groups attached to an aromatic ring is 1. The molecule has 3 aromatic rings. The minimum atomic E-state index is -1.29. The molecule has 0 bridgehead atoms. The van der Waals surface area contributed by atoms with E-state index in [9.17, 15) is 19.1 Å². The summed E-state index contributed by atoms with van der Waals surface area (Å²) < 4.78 is 16.4. The van der Waals surface area contributed by atoms with Gasteiger partial charge in [0.2, 0.25) is 5.43 Å². The lowest BCUT2D eigenvalue weighted by Crippen LogP contribution is -2.28. The summed E-state index contributed by atoms with van der Waals surface area (Å²) in [6.45, 7) is 1.90. The van der Waals surface area contributed by atoms with E-state index in [0.29, 0.717) is 27.4 Å². The lowest BCUT2D eigenvalue weighted by atomic mass is 10.0. The highest BCUT2D eigenvalue weighted by Crippen LogP contribution is 2.46. The van der Waals surface area contributed by atoms with Crippen molar-refractivity contribution in [1.82, 2.24) is 4.57 Å². The maximum Gasteiger partial charge on any atom is 0.342 e. The average molecular weight is 393 g/mol. The fourth-order valence-corrected chi connectivity index (χ4v) is 4.27. The van der Waals surface area contributed by atoms with Gasteiger partial charge >= 0.3 is 5.97 Å². The highest BCUT2D eigenvalue weighted by atomic mass is 35.5. The van der Waals surface area contributed by atoms with Gasteiger partial charge in [-0.3, -0.25) is 4.79 Å². The summed E-state index contributed by atoms with van der Waals surface area (Å²) in [5.41, 5.74) is 6.80. The van der Waals surface area contributed by atoms with Crippen LogP contribution in [0.25, 0.3) is 22.0 Å². The van der Waals surface area contributed by atoms with E-state index in [0.717, 1.165) is 6.07 Å². The summed E-state index contributed by atoms with van der Waals surface area (Å²) >= 11 is 1.32. The largest absolute Gasteiger partial charge is 0.477 e. The van der Waals surface area contributed by atoms with Crippen LogP contribution in [-0.2, 0) is 0 Å². The number of anilines is 1. The molecule has 26 heavy (non-hydrogen) atoms. The predicted molar refractivity (Wildman–Crippen MR) is 103 cm³/mol. The first-order chi connectivity index (χ1) is 11.9. The van der Waals surface area contributed by atoms with Crippen LogP contribution in [-0.4, -0.2) is 15.6 Å². The molecule has 0 radical (unpaired) electrons.